The number of carbonyl (C=O) groups excluding carboxylic acids is 1. The van der Waals surface area contributed by atoms with Crippen LogP contribution >= 0.6 is 0 Å². The molecule has 0 aromatic rings. The maximum Gasteiger partial charge on any atom is 0.327 e. The van der Waals surface area contributed by atoms with Gasteiger partial charge in [0.2, 0.25) is 0 Å². The van der Waals surface area contributed by atoms with Crippen LogP contribution in [0.1, 0.15) is 27.2 Å². The lowest BCUT2D eigenvalue weighted by molar-refractivity contribution is -0.134. The smallest absolute Gasteiger partial charge is 0.327 e. The topological polar surface area (TPSA) is 54.4 Å². The summed E-state index contributed by atoms with van der Waals surface area (Å²) in [6, 6.07) is 0. The molecule has 3 heteroatoms. The van der Waals surface area contributed by atoms with Crippen LogP contribution in [0, 0.1) is 17.3 Å². The van der Waals surface area contributed by atoms with Crippen LogP contribution in [0.2, 0.25) is 0 Å². The van der Waals surface area contributed by atoms with E-state index in [1.165, 1.54) is 5.57 Å². The van der Waals surface area contributed by atoms with Gasteiger partial charge in [-0.05, 0) is 30.8 Å². The Kier molecular flexibility index (Phi) is 3.36. The van der Waals surface area contributed by atoms with Crippen LogP contribution in [0.15, 0.2) is 24.3 Å². The van der Waals surface area contributed by atoms with E-state index in [0.717, 1.165) is 12.5 Å². The fraction of sp³-hybridized carbons (Fsp3) is 0.538. The Morgan fingerprint density at radius 2 is 2.06 bits per heavy atom. The average Bonchev–Trinajstić information content (AvgIpc) is 2.16. The van der Waals surface area contributed by atoms with Crippen molar-refractivity contribution in [2.24, 2.45) is 17.3 Å². The van der Waals surface area contributed by atoms with Crippen molar-refractivity contribution in [1.82, 2.24) is 0 Å². The minimum absolute atomic E-state index is 0.260. The first kappa shape index (κ1) is 12.7. The second-order valence-corrected chi connectivity index (χ2v) is 5.00. The highest BCUT2D eigenvalue weighted by atomic mass is 16.4. The Labute approximate surface area is 95.9 Å². The second kappa shape index (κ2) is 4.24. The van der Waals surface area contributed by atoms with Crippen LogP contribution in [0.4, 0.5) is 0 Å². The van der Waals surface area contributed by atoms with Gasteiger partial charge in [0.25, 0.3) is 0 Å². The predicted molar refractivity (Wildman–Crippen MR) is 62.0 cm³/mol. The molecule has 3 aliphatic rings. The summed E-state index contributed by atoms with van der Waals surface area (Å²) >= 11 is 0. The average molecular weight is 222 g/mol. The Hall–Kier alpha value is -1.38. The molecule has 0 aromatic heterocycles. The number of carboxylic acids is 1. The molecule has 2 atom stereocenters. The van der Waals surface area contributed by atoms with Gasteiger partial charge in [0.1, 0.15) is 0 Å². The molecule has 2 bridgehead atoms. The van der Waals surface area contributed by atoms with Crippen molar-refractivity contribution >= 4 is 11.8 Å². The lowest BCUT2D eigenvalue weighted by Crippen LogP contribution is -2.51. The summed E-state index contributed by atoms with van der Waals surface area (Å²) in [5, 5.41) is 7.60. The van der Waals surface area contributed by atoms with E-state index in [9.17, 15) is 9.59 Å². The maximum absolute atomic E-state index is 11.4. The van der Waals surface area contributed by atoms with E-state index in [2.05, 4.69) is 27.4 Å². The van der Waals surface area contributed by atoms with Gasteiger partial charge in [-0.1, -0.05) is 26.0 Å². The van der Waals surface area contributed by atoms with E-state index in [-0.39, 0.29) is 5.41 Å². The Bertz CT molecular complexity index is 363. The van der Waals surface area contributed by atoms with Gasteiger partial charge in [-0.3, -0.25) is 4.79 Å². The zero-order valence-corrected chi connectivity index (χ0v) is 9.99. The molecular formula is C13H18O3. The quantitative estimate of drug-likeness (QED) is 0.693. The molecule has 3 nitrogen and oxygen atoms in total. The van der Waals surface area contributed by atoms with E-state index in [1.54, 1.807) is 0 Å². The standard InChI is InChI=1S/C10H14O.C3H4O2/c1-6-4-9(11)8-5-7(6)10(8,2)3;1-2-3(4)5/h4,7-8H,5H2,1-3H3;2H,1H2,(H,4,5). The molecule has 2 unspecified atom stereocenters. The summed E-state index contributed by atoms with van der Waals surface area (Å²) in [7, 11) is 0. The molecule has 1 fully saturated rings. The molecule has 0 aliphatic heterocycles. The third-order valence-electron chi connectivity index (χ3n) is 3.71. The van der Waals surface area contributed by atoms with Crippen molar-refractivity contribution in [2.45, 2.75) is 27.2 Å². The summed E-state index contributed by atoms with van der Waals surface area (Å²) in [6.45, 7) is 9.46. The number of hydrogen-bond donors (Lipinski definition) is 1. The number of fused-ring (bicyclic) bond motifs is 1. The van der Waals surface area contributed by atoms with Crippen LogP contribution in [-0.2, 0) is 9.59 Å². The fourth-order valence-electron chi connectivity index (χ4n) is 2.61. The third kappa shape index (κ3) is 2.08. The molecule has 1 saturated carbocycles. The van der Waals surface area contributed by atoms with Gasteiger partial charge >= 0.3 is 5.97 Å². The minimum Gasteiger partial charge on any atom is -0.478 e. The second-order valence-electron chi connectivity index (χ2n) is 5.00. The van der Waals surface area contributed by atoms with Crippen molar-refractivity contribution in [2.75, 3.05) is 0 Å². The summed E-state index contributed by atoms with van der Waals surface area (Å²) < 4.78 is 0. The maximum atomic E-state index is 11.4. The van der Waals surface area contributed by atoms with Crippen LogP contribution in [0.3, 0.4) is 0 Å². The molecule has 16 heavy (non-hydrogen) atoms. The molecule has 0 aromatic carbocycles. The number of hydrogen-bond acceptors (Lipinski definition) is 2. The van der Waals surface area contributed by atoms with Gasteiger partial charge < -0.3 is 5.11 Å². The number of ketones is 1. The summed E-state index contributed by atoms with van der Waals surface area (Å²) in [5.74, 6) is 0.390. The normalized spacial score (nSPS) is 29.2. The molecular weight excluding hydrogens is 204 g/mol. The minimum atomic E-state index is -0.981. The van der Waals surface area contributed by atoms with Gasteiger partial charge in [-0.2, -0.15) is 0 Å². The van der Waals surface area contributed by atoms with Crippen LogP contribution in [0.5, 0.6) is 0 Å². The molecule has 0 radical (unpaired) electrons. The molecule has 0 heterocycles. The van der Waals surface area contributed by atoms with Crippen LogP contribution in [-0.4, -0.2) is 16.9 Å². The highest BCUT2D eigenvalue weighted by Gasteiger charge is 2.54. The molecule has 3 aliphatic carbocycles. The zero-order valence-electron chi connectivity index (χ0n) is 9.99. The van der Waals surface area contributed by atoms with Crippen molar-refractivity contribution in [3.63, 3.8) is 0 Å². The Morgan fingerprint density at radius 1 is 1.56 bits per heavy atom. The van der Waals surface area contributed by atoms with Crippen molar-refractivity contribution < 1.29 is 14.7 Å². The fourth-order valence-corrected chi connectivity index (χ4v) is 2.61. The van der Waals surface area contributed by atoms with Gasteiger partial charge in [-0.15, -0.1) is 0 Å². The van der Waals surface area contributed by atoms with Gasteiger partial charge in [0.15, 0.2) is 5.78 Å². The van der Waals surface area contributed by atoms with Crippen molar-refractivity contribution in [3.05, 3.63) is 24.3 Å². The van der Waals surface area contributed by atoms with Gasteiger partial charge in [-0.25, -0.2) is 4.79 Å². The number of carbonyl (C=O) groups is 2. The number of carboxylic acid groups (broad SMARTS) is 1. The van der Waals surface area contributed by atoms with Gasteiger partial charge in [0, 0.05) is 12.0 Å². The first-order valence-electron chi connectivity index (χ1n) is 5.38. The van der Waals surface area contributed by atoms with Gasteiger partial charge in [0.05, 0.1) is 0 Å². The first-order chi connectivity index (χ1) is 7.30. The van der Waals surface area contributed by atoms with E-state index < -0.39 is 5.97 Å². The third-order valence-corrected chi connectivity index (χ3v) is 3.71. The zero-order chi connectivity index (χ0) is 12.5. The first-order valence-corrected chi connectivity index (χ1v) is 5.38. The molecule has 0 amide bonds. The highest BCUT2D eigenvalue weighted by Crippen LogP contribution is 2.57. The van der Waals surface area contributed by atoms with Crippen LogP contribution in [0.25, 0.3) is 0 Å². The van der Waals surface area contributed by atoms with E-state index >= 15 is 0 Å². The summed E-state index contributed by atoms with van der Waals surface area (Å²) in [4.78, 5) is 20.6. The number of rotatable bonds is 1. The molecule has 1 N–H and O–H groups in total. The van der Waals surface area contributed by atoms with Crippen molar-refractivity contribution in [1.29, 1.82) is 0 Å². The summed E-state index contributed by atoms with van der Waals surface area (Å²) in [5.41, 5.74) is 1.55. The van der Waals surface area contributed by atoms with E-state index in [4.69, 9.17) is 5.11 Å². The van der Waals surface area contributed by atoms with E-state index in [1.807, 2.05) is 6.08 Å². The predicted octanol–water partition coefficient (Wildman–Crippen LogP) is 2.43. The van der Waals surface area contributed by atoms with E-state index in [0.29, 0.717) is 17.6 Å². The molecule has 3 rings (SSSR count). The largest absolute Gasteiger partial charge is 0.478 e. The van der Waals surface area contributed by atoms with Crippen LogP contribution < -0.4 is 0 Å². The van der Waals surface area contributed by atoms with Crippen molar-refractivity contribution in [3.8, 4) is 0 Å². The number of aliphatic carboxylic acids is 1. The highest BCUT2D eigenvalue weighted by molar-refractivity contribution is 5.95. The SMILES string of the molecule is C=CC(=O)O.CC1=CC(=O)C2CC1C2(C)C. The molecule has 0 spiro atoms. The Morgan fingerprint density at radius 3 is 2.31 bits per heavy atom. The lowest BCUT2D eigenvalue weighted by atomic mass is 9.49. The molecule has 88 valence electrons. The monoisotopic (exact) mass is 222 g/mol. The Balaban J connectivity index is 0.000000221. The number of allylic oxidation sites excluding steroid dienone is 2. The summed E-state index contributed by atoms with van der Waals surface area (Å²) in [6.07, 6.45) is 3.78. The molecule has 0 saturated heterocycles. The lowest BCUT2D eigenvalue weighted by Gasteiger charge is -2.54.